The van der Waals surface area contributed by atoms with Crippen molar-refractivity contribution in [1.82, 2.24) is 9.88 Å². The van der Waals surface area contributed by atoms with Gasteiger partial charge in [0, 0.05) is 42.0 Å². The second kappa shape index (κ2) is 5.29. The number of aliphatic hydroxyl groups is 1. The van der Waals surface area contributed by atoms with Gasteiger partial charge in [-0.2, -0.15) is 0 Å². The molecule has 5 nitrogen and oxygen atoms in total. The van der Waals surface area contributed by atoms with Gasteiger partial charge in [0.05, 0.1) is 16.7 Å². The molecule has 1 fully saturated rings. The lowest BCUT2D eigenvalue weighted by Gasteiger charge is -2.62. The molecule has 1 aromatic heterocycles. The fraction of sp³-hybridized carbons (Fsp3) is 0.360. The number of aromatic hydroxyl groups is 1. The summed E-state index contributed by atoms with van der Waals surface area (Å²) < 4.78 is 6.55. The van der Waals surface area contributed by atoms with Crippen LogP contribution in [0.2, 0.25) is 0 Å². The van der Waals surface area contributed by atoms with E-state index in [0.717, 1.165) is 53.7 Å². The van der Waals surface area contributed by atoms with E-state index in [9.17, 15) is 10.2 Å². The van der Waals surface area contributed by atoms with Crippen molar-refractivity contribution in [3.8, 4) is 11.5 Å². The maximum atomic E-state index is 12.6. The van der Waals surface area contributed by atoms with Crippen molar-refractivity contribution >= 4 is 10.9 Å². The summed E-state index contributed by atoms with van der Waals surface area (Å²) in [7, 11) is 0. The van der Waals surface area contributed by atoms with Crippen molar-refractivity contribution in [3.05, 3.63) is 71.4 Å². The number of piperidine rings is 1. The molecule has 152 valence electrons. The highest BCUT2D eigenvalue weighted by Gasteiger charge is 2.72. The Hall–Kier alpha value is -2.76. The summed E-state index contributed by atoms with van der Waals surface area (Å²) in [6.45, 7) is 5.59. The van der Waals surface area contributed by atoms with Gasteiger partial charge in [-0.3, -0.25) is 4.90 Å². The number of ether oxygens (including phenoxy) is 1. The Labute approximate surface area is 174 Å². The molecule has 0 saturated carbocycles. The molecule has 0 radical (unpaired) electrons. The lowest BCUT2D eigenvalue weighted by molar-refractivity contribution is -0.170. The molecule has 5 heteroatoms. The zero-order chi connectivity index (χ0) is 20.3. The first kappa shape index (κ1) is 17.0. The van der Waals surface area contributed by atoms with Gasteiger partial charge in [0.15, 0.2) is 17.6 Å². The molecule has 0 unspecified atom stereocenters. The number of benzene rings is 2. The summed E-state index contributed by atoms with van der Waals surface area (Å²) in [5.41, 5.74) is 3.98. The van der Waals surface area contributed by atoms with Crippen LogP contribution in [0.25, 0.3) is 10.9 Å². The smallest absolute Gasteiger partial charge is 0.166 e. The lowest BCUT2D eigenvalue weighted by Crippen LogP contribution is -2.74. The summed E-state index contributed by atoms with van der Waals surface area (Å²) in [5, 5.41) is 24.4. The molecule has 3 heterocycles. The van der Waals surface area contributed by atoms with Crippen LogP contribution in [-0.2, 0) is 18.3 Å². The number of hydrogen-bond donors (Lipinski definition) is 3. The van der Waals surface area contributed by atoms with Gasteiger partial charge in [0.2, 0.25) is 0 Å². The molecule has 4 atom stereocenters. The third-order valence-corrected chi connectivity index (χ3v) is 8.24. The monoisotopic (exact) mass is 400 g/mol. The van der Waals surface area contributed by atoms with Crippen LogP contribution in [-0.4, -0.2) is 44.8 Å². The van der Waals surface area contributed by atoms with Gasteiger partial charge in [-0.15, -0.1) is 6.58 Å². The predicted molar refractivity (Wildman–Crippen MR) is 114 cm³/mol. The molecule has 3 N–H and O–H groups in total. The molecule has 30 heavy (non-hydrogen) atoms. The number of likely N-dealkylation sites (tertiary alicyclic amines) is 1. The predicted octanol–water partition coefficient (Wildman–Crippen LogP) is 3.35. The van der Waals surface area contributed by atoms with Crippen molar-refractivity contribution < 1.29 is 14.9 Å². The van der Waals surface area contributed by atoms with Crippen LogP contribution in [0.1, 0.15) is 34.9 Å². The van der Waals surface area contributed by atoms with Crippen molar-refractivity contribution in [3.63, 3.8) is 0 Å². The molecule has 1 spiro atoms. The van der Waals surface area contributed by atoms with Gasteiger partial charge in [-0.25, -0.2) is 0 Å². The minimum atomic E-state index is -0.969. The molecule has 2 aliphatic carbocycles. The van der Waals surface area contributed by atoms with E-state index >= 15 is 0 Å². The number of aromatic amines is 1. The van der Waals surface area contributed by atoms with Crippen molar-refractivity contribution in [2.24, 2.45) is 0 Å². The Morgan fingerprint density at radius 3 is 3.00 bits per heavy atom. The second-order valence-electron chi connectivity index (χ2n) is 9.33. The normalized spacial score (nSPS) is 33.1. The molecule has 4 aliphatic rings. The maximum absolute atomic E-state index is 12.6. The van der Waals surface area contributed by atoms with E-state index in [-0.39, 0.29) is 17.9 Å². The number of para-hydroxylation sites is 1. The van der Waals surface area contributed by atoms with E-state index in [0.29, 0.717) is 12.2 Å². The van der Waals surface area contributed by atoms with Gasteiger partial charge in [0.1, 0.15) is 0 Å². The number of phenolic OH excluding ortho intramolecular Hbond substituents is 1. The topological polar surface area (TPSA) is 68.7 Å². The van der Waals surface area contributed by atoms with Crippen LogP contribution in [0.5, 0.6) is 11.5 Å². The fourth-order valence-corrected chi connectivity index (χ4v) is 7.11. The van der Waals surface area contributed by atoms with E-state index < -0.39 is 11.0 Å². The van der Waals surface area contributed by atoms with Gasteiger partial charge in [0.25, 0.3) is 0 Å². The first-order valence-electron chi connectivity index (χ1n) is 10.8. The highest BCUT2D eigenvalue weighted by Crippen LogP contribution is 2.68. The molecular weight excluding hydrogens is 376 g/mol. The Morgan fingerprint density at radius 1 is 1.27 bits per heavy atom. The fourth-order valence-electron chi connectivity index (χ4n) is 7.11. The summed E-state index contributed by atoms with van der Waals surface area (Å²) in [5.74, 6) is 0.738. The van der Waals surface area contributed by atoms with E-state index in [2.05, 4.69) is 28.6 Å². The molecular formula is C25H24N2O3. The van der Waals surface area contributed by atoms with E-state index in [1.807, 2.05) is 24.3 Å². The molecule has 2 bridgehead atoms. The number of phenols is 1. The molecule has 7 rings (SSSR count). The number of nitrogens with one attached hydrogen (secondary N) is 1. The van der Waals surface area contributed by atoms with Crippen LogP contribution in [0, 0.1) is 0 Å². The standard InChI is InChI=1S/C25H24N2O3/c1-2-10-27-11-9-24-20-14-7-8-18(28)22(20)30-23(24)21-16(13-25(24,29)19(27)12-14)15-5-3-4-6-17(15)26-21/h2-8,19,23,26,28-29H,1,9-13H2/t19-,23+,24+,25-/m1/s1. The average molecular weight is 400 g/mol. The number of nitrogens with zero attached hydrogens (tertiary/aromatic N) is 1. The molecule has 2 aromatic carbocycles. The first-order chi connectivity index (χ1) is 14.6. The SMILES string of the molecule is C=CCN1CC[C@]23c4c5ccc(O)c4O[C@H]2c2[nH]c4ccccc4c2C[C@@]3(O)[C@H]1C5. The van der Waals surface area contributed by atoms with Crippen LogP contribution in [0.3, 0.4) is 0 Å². The van der Waals surface area contributed by atoms with Gasteiger partial charge in [-0.1, -0.05) is 30.3 Å². The first-order valence-corrected chi connectivity index (χ1v) is 10.8. The Balaban J connectivity index is 1.57. The molecule has 0 amide bonds. The summed E-state index contributed by atoms with van der Waals surface area (Å²) in [6.07, 6.45) is 3.73. The molecule has 1 saturated heterocycles. The van der Waals surface area contributed by atoms with E-state index in [1.165, 1.54) is 5.56 Å². The molecule has 2 aliphatic heterocycles. The highest BCUT2D eigenvalue weighted by molar-refractivity contribution is 5.86. The van der Waals surface area contributed by atoms with Crippen LogP contribution in [0.4, 0.5) is 0 Å². The third kappa shape index (κ3) is 1.67. The van der Waals surface area contributed by atoms with Gasteiger partial charge < -0.3 is 19.9 Å². The summed E-state index contributed by atoms with van der Waals surface area (Å²) in [4.78, 5) is 5.99. The van der Waals surface area contributed by atoms with E-state index in [4.69, 9.17) is 4.74 Å². The average Bonchev–Trinajstić information content (AvgIpc) is 3.27. The van der Waals surface area contributed by atoms with Crippen molar-refractivity contribution in [2.75, 3.05) is 13.1 Å². The third-order valence-electron chi connectivity index (χ3n) is 8.24. The minimum Gasteiger partial charge on any atom is -0.504 e. The Morgan fingerprint density at radius 2 is 2.13 bits per heavy atom. The number of rotatable bonds is 2. The van der Waals surface area contributed by atoms with Gasteiger partial charge >= 0.3 is 0 Å². The summed E-state index contributed by atoms with van der Waals surface area (Å²) in [6, 6.07) is 12.0. The minimum absolute atomic E-state index is 0.0137. The number of aromatic nitrogens is 1. The highest BCUT2D eigenvalue weighted by atomic mass is 16.5. The summed E-state index contributed by atoms with van der Waals surface area (Å²) >= 11 is 0. The quantitative estimate of drug-likeness (QED) is 0.577. The lowest BCUT2D eigenvalue weighted by atomic mass is 9.49. The second-order valence-corrected chi connectivity index (χ2v) is 9.33. The number of fused-ring (bicyclic) bond motifs is 4. The molecule has 3 aromatic rings. The van der Waals surface area contributed by atoms with Crippen LogP contribution < -0.4 is 4.74 Å². The Bertz CT molecular complexity index is 1250. The van der Waals surface area contributed by atoms with Gasteiger partial charge in [-0.05, 0) is 36.1 Å². The van der Waals surface area contributed by atoms with E-state index in [1.54, 1.807) is 6.07 Å². The van der Waals surface area contributed by atoms with Crippen molar-refractivity contribution in [1.29, 1.82) is 0 Å². The maximum Gasteiger partial charge on any atom is 0.166 e. The number of H-pyrrole nitrogens is 1. The van der Waals surface area contributed by atoms with Crippen LogP contribution in [0.15, 0.2) is 49.1 Å². The van der Waals surface area contributed by atoms with Crippen LogP contribution >= 0.6 is 0 Å². The Kier molecular flexibility index (Phi) is 2.99. The largest absolute Gasteiger partial charge is 0.504 e. The number of hydrogen-bond acceptors (Lipinski definition) is 4. The van der Waals surface area contributed by atoms with Crippen molar-refractivity contribution in [2.45, 2.75) is 42.4 Å². The zero-order valence-electron chi connectivity index (χ0n) is 16.7. The zero-order valence-corrected chi connectivity index (χ0v) is 16.7.